The second-order valence-electron chi connectivity index (χ2n) is 5.43. The number of amides is 1. The molecule has 0 atom stereocenters. The summed E-state index contributed by atoms with van der Waals surface area (Å²) in [5, 5.41) is 0.933. The highest BCUT2D eigenvalue weighted by molar-refractivity contribution is 6.48. The van der Waals surface area contributed by atoms with E-state index in [1.54, 1.807) is 35.2 Å². The van der Waals surface area contributed by atoms with Gasteiger partial charge < -0.3 is 9.32 Å². The zero-order valence-corrected chi connectivity index (χ0v) is 15.9. The molecule has 3 rings (SSSR count). The van der Waals surface area contributed by atoms with Crippen molar-refractivity contribution in [2.45, 2.75) is 13.8 Å². The molecule has 25 heavy (non-hydrogen) atoms. The Bertz CT molecular complexity index is 926. The Hall–Kier alpha value is -1.75. The Balaban J connectivity index is 2.02. The maximum Gasteiger partial charge on any atom is 0.253 e. The number of aromatic nitrogens is 1. The lowest BCUT2D eigenvalue weighted by atomic mass is 10.2. The van der Waals surface area contributed by atoms with E-state index in [4.69, 9.17) is 39.2 Å². The van der Waals surface area contributed by atoms with Crippen molar-refractivity contribution in [1.82, 2.24) is 9.88 Å². The molecule has 0 radical (unpaired) electrons. The number of hydrogen-bond acceptors (Lipinski definition) is 3. The van der Waals surface area contributed by atoms with Crippen molar-refractivity contribution in [3.63, 3.8) is 0 Å². The second-order valence-corrected chi connectivity index (χ2v) is 6.63. The van der Waals surface area contributed by atoms with Crippen LogP contribution in [0.1, 0.15) is 24.2 Å². The minimum absolute atomic E-state index is 0.0333. The van der Waals surface area contributed by atoms with E-state index in [0.29, 0.717) is 51.3 Å². The van der Waals surface area contributed by atoms with Crippen molar-refractivity contribution in [2.75, 3.05) is 13.1 Å². The molecule has 1 aromatic heterocycles. The summed E-state index contributed by atoms with van der Waals surface area (Å²) >= 11 is 18.1. The Kier molecular flexibility index (Phi) is 5.23. The molecule has 0 aliphatic carbocycles. The summed E-state index contributed by atoms with van der Waals surface area (Å²) in [6.45, 7) is 5.20. The maximum atomic E-state index is 12.5. The lowest BCUT2D eigenvalue weighted by Crippen LogP contribution is -2.30. The molecule has 0 aliphatic rings. The summed E-state index contributed by atoms with van der Waals surface area (Å²) in [6, 6.07) is 8.48. The first kappa shape index (κ1) is 18.1. The standard InChI is InChI=1S/C18H15Cl3N2O2/c1-3-23(4-2)18(24)10-5-6-15-14(9-10)22-17(25-15)11-7-12(19)16(21)13(20)8-11/h5-9H,3-4H2,1-2H3. The molecular formula is C18H15Cl3N2O2. The molecule has 3 aromatic rings. The van der Waals surface area contributed by atoms with Gasteiger partial charge in [-0.2, -0.15) is 0 Å². The molecule has 0 bridgehead atoms. The topological polar surface area (TPSA) is 46.3 Å². The number of nitrogens with zero attached hydrogens (tertiary/aromatic N) is 2. The van der Waals surface area contributed by atoms with Gasteiger partial charge in [0.25, 0.3) is 5.91 Å². The third-order valence-electron chi connectivity index (χ3n) is 3.92. The van der Waals surface area contributed by atoms with Gasteiger partial charge in [-0.1, -0.05) is 34.8 Å². The smallest absolute Gasteiger partial charge is 0.253 e. The molecule has 4 nitrogen and oxygen atoms in total. The first-order valence-corrected chi connectivity index (χ1v) is 8.92. The van der Waals surface area contributed by atoms with Crippen LogP contribution in [0.2, 0.25) is 15.1 Å². The first-order valence-electron chi connectivity index (χ1n) is 7.79. The highest BCUT2D eigenvalue weighted by atomic mass is 35.5. The van der Waals surface area contributed by atoms with Gasteiger partial charge in [-0.15, -0.1) is 0 Å². The summed E-state index contributed by atoms with van der Waals surface area (Å²) in [7, 11) is 0. The molecule has 0 saturated heterocycles. The lowest BCUT2D eigenvalue weighted by Gasteiger charge is -2.18. The van der Waals surface area contributed by atoms with Crippen LogP contribution in [0.15, 0.2) is 34.7 Å². The van der Waals surface area contributed by atoms with Gasteiger partial charge in [0, 0.05) is 24.2 Å². The molecule has 7 heteroatoms. The van der Waals surface area contributed by atoms with Crippen molar-refractivity contribution in [1.29, 1.82) is 0 Å². The number of carbonyl (C=O) groups excluding carboxylic acids is 1. The average molecular weight is 398 g/mol. The van der Waals surface area contributed by atoms with Gasteiger partial charge >= 0.3 is 0 Å². The summed E-state index contributed by atoms with van der Waals surface area (Å²) in [5.41, 5.74) is 2.36. The first-order chi connectivity index (χ1) is 11.9. The lowest BCUT2D eigenvalue weighted by molar-refractivity contribution is 0.0773. The number of halogens is 3. The number of oxazole rings is 1. The molecule has 0 spiro atoms. The molecule has 0 N–H and O–H groups in total. The highest BCUT2D eigenvalue weighted by Gasteiger charge is 2.16. The van der Waals surface area contributed by atoms with Crippen LogP contribution in [0.4, 0.5) is 0 Å². The van der Waals surface area contributed by atoms with Crippen molar-refractivity contribution < 1.29 is 9.21 Å². The average Bonchev–Trinajstić information content (AvgIpc) is 3.03. The third-order valence-corrected chi connectivity index (χ3v) is 5.11. The van der Waals surface area contributed by atoms with Crippen LogP contribution in [-0.2, 0) is 0 Å². The molecule has 1 amide bonds. The summed E-state index contributed by atoms with van der Waals surface area (Å²) in [4.78, 5) is 18.7. The Morgan fingerprint density at radius 2 is 1.72 bits per heavy atom. The van der Waals surface area contributed by atoms with Crippen LogP contribution in [0.25, 0.3) is 22.6 Å². The SMILES string of the molecule is CCN(CC)C(=O)c1ccc2oc(-c3cc(Cl)c(Cl)c(Cl)c3)nc2c1. The predicted octanol–water partition coefficient (Wildman–Crippen LogP) is 5.94. The molecule has 0 aliphatic heterocycles. The van der Waals surface area contributed by atoms with Crippen LogP contribution in [0.5, 0.6) is 0 Å². The number of hydrogen-bond donors (Lipinski definition) is 0. The van der Waals surface area contributed by atoms with E-state index in [0.717, 1.165) is 0 Å². The van der Waals surface area contributed by atoms with E-state index in [9.17, 15) is 4.79 Å². The van der Waals surface area contributed by atoms with Gasteiger partial charge in [-0.25, -0.2) is 4.98 Å². The fourth-order valence-corrected chi connectivity index (χ4v) is 3.15. The normalized spacial score (nSPS) is 11.1. The summed E-state index contributed by atoms with van der Waals surface area (Å²) in [5.74, 6) is 0.330. The van der Waals surface area contributed by atoms with Crippen LogP contribution < -0.4 is 0 Å². The van der Waals surface area contributed by atoms with E-state index < -0.39 is 0 Å². The van der Waals surface area contributed by atoms with Crippen molar-refractivity contribution in [3.05, 3.63) is 51.0 Å². The Labute approximate surface area is 160 Å². The fourth-order valence-electron chi connectivity index (χ4n) is 2.56. The van der Waals surface area contributed by atoms with Crippen LogP contribution in [0, 0.1) is 0 Å². The van der Waals surface area contributed by atoms with Crippen LogP contribution >= 0.6 is 34.8 Å². The number of benzene rings is 2. The predicted molar refractivity (Wildman–Crippen MR) is 102 cm³/mol. The zero-order valence-electron chi connectivity index (χ0n) is 13.6. The van der Waals surface area contributed by atoms with Gasteiger partial charge in [0.15, 0.2) is 5.58 Å². The minimum atomic E-state index is -0.0333. The monoisotopic (exact) mass is 396 g/mol. The maximum absolute atomic E-state index is 12.5. The van der Waals surface area contributed by atoms with E-state index in [1.165, 1.54) is 0 Å². The van der Waals surface area contributed by atoms with Gasteiger partial charge in [0.05, 0.1) is 15.1 Å². The van der Waals surface area contributed by atoms with Gasteiger partial charge in [0.1, 0.15) is 5.52 Å². The molecule has 1 heterocycles. The van der Waals surface area contributed by atoms with Crippen molar-refractivity contribution >= 4 is 51.8 Å². The van der Waals surface area contributed by atoms with Crippen LogP contribution in [0.3, 0.4) is 0 Å². The summed E-state index contributed by atoms with van der Waals surface area (Å²) in [6.07, 6.45) is 0. The van der Waals surface area contributed by atoms with E-state index in [-0.39, 0.29) is 10.9 Å². The quantitative estimate of drug-likeness (QED) is 0.512. The molecule has 0 fully saturated rings. The molecule has 130 valence electrons. The largest absolute Gasteiger partial charge is 0.436 e. The van der Waals surface area contributed by atoms with Crippen LogP contribution in [-0.4, -0.2) is 28.9 Å². The van der Waals surface area contributed by atoms with Gasteiger partial charge in [0.2, 0.25) is 5.89 Å². The highest BCUT2D eigenvalue weighted by Crippen LogP contribution is 2.35. The minimum Gasteiger partial charge on any atom is -0.436 e. The Morgan fingerprint density at radius 1 is 1.08 bits per heavy atom. The van der Waals surface area contributed by atoms with E-state index >= 15 is 0 Å². The fraction of sp³-hybridized carbons (Fsp3) is 0.222. The third kappa shape index (κ3) is 3.47. The molecular weight excluding hydrogens is 383 g/mol. The van der Waals surface area contributed by atoms with Gasteiger partial charge in [-0.05, 0) is 44.2 Å². The number of fused-ring (bicyclic) bond motifs is 1. The van der Waals surface area contributed by atoms with Crippen molar-refractivity contribution in [3.8, 4) is 11.5 Å². The van der Waals surface area contributed by atoms with Crippen molar-refractivity contribution in [2.24, 2.45) is 0 Å². The molecule has 2 aromatic carbocycles. The van der Waals surface area contributed by atoms with Gasteiger partial charge in [-0.3, -0.25) is 4.79 Å². The number of rotatable bonds is 4. The molecule has 0 saturated carbocycles. The second kappa shape index (κ2) is 7.24. The zero-order chi connectivity index (χ0) is 18.1. The molecule has 0 unspecified atom stereocenters. The summed E-state index contributed by atoms with van der Waals surface area (Å²) < 4.78 is 5.76. The Morgan fingerprint density at radius 3 is 2.32 bits per heavy atom. The van der Waals surface area contributed by atoms with E-state index in [2.05, 4.69) is 4.98 Å². The van der Waals surface area contributed by atoms with E-state index in [1.807, 2.05) is 13.8 Å². The number of carbonyl (C=O) groups is 1.